The van der Waals surface area contributed by atoms with Gasteiger partial charge in [0, 0.05) is 14.2 Å². The van der Waals surface area contributed by atoms with Crippen molar-refractivity contribution >= 4 is 8.32 Å². The second-order valence-electron chi connectivity index (χ2n) is 4.49. The number of halogens is 6. The first-order valence-corrected chi connectivity index (χ1v) is 8.18. The second-order valence-corrected chi connectivity index (χ2v) is 8.92. The molecule has 0 aliphatic carbocycles. The zero-order chi connectivity index (χ0) is 14.8. The van der Waals surface area contributed by atoms with Gasteiger partial charge in [-0.15, -0.1) is 0 Å². The van der Waals surface area contributed by atoms with E-state index in [1.165, 1.54) is 7.11 Å². The fourth-order valence-corrected chi connectivity index (χ4v) is 2.52. The van der Waals surface area contributed by atoms with Gasteiger partial charge in [0.2, 0.25) is 0 Å². The van der Waals surface area contributed by atoms with E-state index < -0.39 is 32.7 Å². The van der Waals surface area contributed by atoms with Gasteiger partial charge in [0.05, 0.1) is 0 Å². The molecule has 110 valence electrons. The van der Waals surface area contributed by atoms with Gasteiger partial charge in [-0.3, -0.25) is 0 Å². The number of hydrogen-bond donors (Lipinski definition) is 0. The van der Waals surface area contributed by atoms with E-state index >= 15 is 0 Å². The standard InChI is InChI=1S/C9H16F6O2Si/c1-16-7(8(10,11)12,9(13,14)15)5-6-18(3,4)17-2/h5-6H2,1-4H3. The van der Waals surface area contributed by atoms with Crippen LogP contribution in [0.1, 0.15) is 6.42 Å². The molecule has 0 N–H and O–H groups in total. The fourth-order valence-electron chi connectivity index (χ4n) is 1.36. The van der Waals surface area contributed by atoms with Gasteiger partial charge in [-0.1, -0.05) is 0 Å². The molecular formula is C9H16F6O2Si. The molecule has 0 saturated heterocycles. The van der Waals surface area contributed by atoms with Crippen molar-refractivity contribution in [1.29, 1.82) is 0 Å². The van der Waals surface area contributed by atoms with E-state index in [2.05, 4.69) is 4.74 Å². The molecule has 0 spiro atoms. The SMILES string of the molecule is COC(CC[Si](C)(C)OC)(C(F)(F)F)C(F)(F)F. The number of ether oxygens (including phenoxy) is 1. The van der Waals surface area contributed by atoms with Crippen molar-refractivity contribution in [3.05, 3.63) is 0 Å². The molecular weight excluding hydrogens is 282 g/mol. The van der Waals surface area contributed by atoms with Gasteiger partial charge in [-0.2, -0.15) is 26.3 Å². The Bertz CT molecular complexity index is 259. The zero-order valence-electron chi connectivity index (χ0n) is 10.5. The molecule has 0 rings (SSSR count). The first-order valence-electron chi connectivity index (χ1n) is 5.07. The van der Waals surface area contributed by atoms with Gasteiger partial charge in [-0.05, 0) is 25.6 Å². The maximum atomic E-state index is 12.7. The summed E-state index contributed by atoms with van der Waals surface area (Å²) in [6.45, 7) is 3.08. The third-order valence-corrected chi connectivity index (χ3v) is 5.46. The Morgan fingerprint density at radius 1 is 0.889 bits per heavy atom. The number of hydrogen-bond acceptors (Lipinski definition) is 2. The third-order valence-electron chi connectivity index (χ3n) is 2.90. The zero-order valence-corrected chi connectivity index (χ0v) is 11.5. The van der Waals surface area contributed by atoms with Crippen molar-refractivity contribution in [3.63, 3.8) is 0 Å². The van der Waals surface area contributed by atoms with Crippen LogP contribution in [-0.4, -0.2) is 40.5 Å². The highest BCUT2D eigenvalue weighted by Crippen LogP contribution is 2.49. The summed E-state index contributed by atoms with van der Waals surface area (Å²) in [5.41, 5.74) is -4.12. The van der Waals surface area contributed by atoms with Crippen molar-refractivity contribution in [3.8, 4) is 0 Å². The molecule has 0 aliphatic rings. The van der Waals surface area contributed by atoms with Crippen molar-refractivity contribution in [2.24, 2.45) is 0 Å². The first kappa shape index (κ1) is 17.7. The topological polar surface area (TPSA) is 18.5 Å². The minimum Gasteiger partial charge on any atom is -0.420 e. The van der Waals surface area contributed by atoms with Crippen molar-refractivity contribution in [2.45, 2.75) is 43.5 Å². The smallest absolute Gasteiger partial charge is 0.420 e. The van der Waals surface area contributed by atoms with Crippen LogP contribution in [0.2, 0.25) is 19.1 Å². The molecule has 0 fully saturated rings. The lowest BCUT2D eigenvalue weighted by molar-refractivity contribution is -0.375. The summed E-state index contributed by atoms with van der Waals surface area (Å²) >= 11 is 0. The maximum absolute atomic E-state index is 12.7. The molecule has 2 nitrogen and oxygen atoms in total. The Hall–Kier alpha value is -0.283. The Balaban J connectivity index is 5.26. The lowest BCUT2D eigenvalue weighted by Gasteiger charge is -2.37. The van der Waals surface area contributed by atoms with E-state index in [-0.39, 0.29) is 6.04 Å². The summed E-state index contributed by atoms with van der Waals surface area (Å²) < 4.78 is 84.9. The fraction of sp³-hybridized carbons (Fsp3) is 1.00. The van der Waals surface area contributed by atoms with Crippen LogP contribution in [0.15, 0.2) is 0 Å². The summed E-state index contributed by atoms with van der Waals surface area (Å²) in [4.78, 5) is 0. The van der Waals surface area contributed by atoms with E-state index in [9.17, 15) is 26.3 Å². The van der Waals surface area contributed by atoms with Crippen molar-refractivity contribution in [2.75, 3.05) is 14.2 Å². The number of alkyl halides is 6. The molecule has 0 unspecified atom stereocenters. The van der Waals surface area contributed by atoms with Crippen molar-refractivity contribution in [1.82, 2.24) is 0 Å². The average molecular weight is 298 g/mol. The molecule has 0 aliphatic heterocycles. The highest BCUT2D eigenvalue weighted by Gasteiger charge is 2.71. The van der Waals surface area contributed by atoms with Crippen LogP contribution in [-0.2, 0) is 9.16 Å². The van der Waals surface area contributed by atoms with Crippen LogP contribution in [0.4, 0.5) is 26.3 Å². The molecule has 0 saturated carbocycles. The minimum atomic E-state index is -5.52. The Kier molecular flexibility index (Phi) is 5.29. The molecule has 0 amide bonds. The van der Waals surface area contributed by atoms with E-state index in [0.717, 1.165) is 0 Å². The van der Waals surface area contributed by atoms with Crippen LogP contribution < -0.4 is 0 Å². The lowest BCUT2D eigenvalue weighted by Crippen LogP contribution is -2.58. The first-order chi connectivity index (χ1) is 7.83. The highest BCUT2D eigenvalue weighted by molar-refractivity contribution is 6.71. The van der Waals surface area contributed by atoms with Crippen LogP contribution in [0.3, 0.4) is 0 Å². The van der Waals surface area contributed by atoms with Gasteiger partial charge < -0.3 is 9.16 Å². The summed E-state index contributed by atoms with van der Waals surface area (Å²) in [5, 5.41) is 0. The van der Waals surface area contributed by atoms with Crippen molar-refractivity contribution < 1.29 is 35.5 Å². The molecule has 0 aromatic rings. The van der Waals surface area contributed by atoms with E-state index in [1.54, 1.807) is 13.1 Å². The Morgan fingerprint density at radius 3 is 1.50 bits per heavy atom. The number of methoxy groups -OCH3 is 1. The summed E-state index contributed by atoms with van der Waals surface area (Å²) in [5.74, 6) is 0. The molecule has 0 aromatic carbocycles. The lowest BCUT2D eigenvalue weighted by atomic mass is 9.99. The summed E-state index contributed by atoms with van der Waals surface area (Å²) in [7, 11) is -0.842. The van der Waals surface area contributed by atoms with Gasteiger partial charge in [0.1, 0.15) is 0 Å². The molecule has 9 heteroatoms. The average Bonchev–Trinajstić information content (AvgIpc) is 2.14. The van der Waals surface area contributed by atoms with Gasteiger partial charge in [0.25, 0.3) is 5.60 Å². The second kappa shape index (κ2) is 5.38. The molecule has 0 atom stereocenters. The summed E-state index contributed by atoms with van der Waals surface area (Å²) in [6, 6.07) is -0.309. The van der Waals surface area contributed by atoms with E-state index in [0.29, 0.717) is 7.11 Å². The van der Waals surface area contributed by atoms with E-state index in [4.69, 9.17) is 4.43 Å². The van der Waals surface area contributed by atoms with Crippen LogP contribution in [0.5, 0.6) is 0 Å². The minimum absolute atomic E-state index is 0.309. The molecule has 0 heterocycles. The quantitative estimate of drug-likeness (QED) is 0.568. The maximum Gasteiger partial charge on any atom is 0.426 e. The summed E-state index contributed by atoms with van der Waals surface area (Å²) in [6.07, 6.45) is -12.2. The highest BCUT2D eigenvalue weighted by atomic mass is 28.4. The molecule has 0 radical (unpaired) electrons. The van der Waals surface area contributed by atoms with Gasteiger partial charge >= 0.3 is 12.4 Å². The Morgan fingerprint density at radius 2 is 1.28 bits per heavy atom. The number of rotatable bonds is 5. The Labute approximate surface area is 102 Å². The molecule has 0 bridgehead atoms. The predicted molar refractivity (Wildman–Crippen MR) is 55.8 cm³/mol. The predicted octanol–water partition coefficient (Wildman–Crippen LogP) is 3.74. The van der Waals surface area contributed by atoms with E-state index in [1.807, 2.05) is 0 Å². The third kappa shape index (κ3) is 3.61. The largest absolute Gasteiger partial charge is 0.426 e. The van der Waals surface area contributed by atoms with Crippen LogP contribution in [0, 0.1) is 0 Å². The van der Waals surface area contributed by atoms with Crippen LogP contribution in [0.25, 0.3) is 0 Å². The van der Waals surface area contributed by atoms with Gasteiger partial charge in [0.15, 0.2) is 8.32 Å². The monoisotopic (exact) mass is 298 g/mol. The molecule has 18 heavy (non-hydrogen) atoms. The molecule has 0 aromatic heterocycles. The normalized spacial score (nSPS) is 15.0. The van der Waals surface area contributed by atoms with Crippen LogP contribution >= 0.6 is 0 Å². The van der Waals surface area contributed by atoms with Gasteiger partial charge in [-0.25, -0.2) is 0 Å².